The summed E-state index contributed by atoms with van der Waals surface area (Å²) >= 11 is 0. The number of carboxylic acids is 1. The number of fused-ring (bicyclic) bond motifs is 1. The summed E-state index contributed by atoms with van der Waals surface area (Å²) in [6.07, 6.45) is 1.81. The Kier molecular flexibility index (Phi) is 5.15. The van der Waals surface area contributed by atoms with E-state index in [1.54, 1.807) is 18.2 Å². The maximum Gasteiger partial charge on any atom is 0.335 e. The molecule has 32 heavy (non-hydrogen) atoms. The van der Waals surface area contributed by atoms with Crippen LogP contribution in [0.5, 0.6) is 0 Å². The van der Waals surface area contributed by atoms with Gasteiger partial charge in [0, 0.05) is 37.4 Å². The smallest absolute Gasteiger partial charge is 0.335 e. The third-order valence-electron chi connectivity index (χ3n) is 5.81. The van der Waals surface area contributed by atoms with Crippen LogP contribution in [0.15, 0.2) is 72.9 Å². The Morgan fingerprint density at radius 2 is 1.78 bits per heavy atom. The molecule has 0 saturated carbocycles. The van der Waals surface area contributed by atoms with Gasteiger partial charge in [0.25, 0.3) is 0 Å². The van der Waals surface area contributed by atoms with Crippen molar-refractivity contribution in [3.63, 3.8) is 0 Å². The highest BCUT2D eigenvalue weighted by atomic mass is 16.4. The van der Waals surface area contributed by atoms with Crippen LogP contribution < -0.4 is 9.80 Å². The van der Waals surface area contributed by atoms with Crippen LogP contribution in [-0.2, 0) is 0 Å². The van der Waals surface area contributed by atoms with Gasteiger partial charge in [0.2, 0.25) is 0 Å². The van der Waals surface area contributed by atoms with E-state index in [1.807, 2.05) is 54.7 Å². The Hall–Kier alpha value is -4.00. The summed E-state index contributed by atoms with van der Waals surface area (Å²) in [4.78, 5) is 30.3. The normalized spacial score (nSPS) is 16.3. The zero-order valence-corrected chi connectivity index (χ0v) is 17.7. The highest BCUT2D eigenvalue weighted by Crippen LogP contribution is 2.32. The van der Waals surface area contributed by atoms with Gasteiger partial charge in [-0.3, -0.25) is 0 Å². The summed E-state index contributed by atoms with van der Waals surface area (Å²) in [7, 11) is 0. The van der Waals surface area contributed by atoms with Gasteiger partial charge in [-0.1, -0.05) is 36.4 Å². The fourth-order valence-corrected chi connectivity index (χ4v) is 4.19. The standard InChI is InChI=1S/C25H23N5O2/c1-17-16-29(22-9-5-6-12-26-22)13-14-30(17)24-23(18-7-3-2-4-8-18)27-20-11-10-19(25(31)32)15-21(20)28-24/h2-12,15,17H,13-14,16H2,1H3,(H,31,32)/t17-/m0/s1. The first-order chi connectivity index (χ1) is 15.6. The minimum absolute atomic E-state index is 0.169. The first-order valence-corrected chi connectivity index (χ1v) is 10.6. The van der Waals surface area contributed by atoms with Gasteiger partial charge in [0.05, 0.1) is 16.6 Å². The Morgan fingerprint density at radius 1 is 0.969 bits per heavy atom. The molecule has 0 amide bonds. The van der Waals surface area contributed by atoms with Crippen molar-refractivity contribution in [2.24, 2.45) is 0 Å². The quantitative estimate of drug-likeness (QED) is 0.527. The van der Waals surface area contributed by atoms with Crippen molar-refractivity contribution in [3.05, 3.63) is 78.5 Å². The van der Waals surface area contributed by atoms with E-state index in [9.17, 15) is 9.90 Å². The van der Waals surface area contributed by atoms with E-state index in [-0.39, 0.29) is 11.6 Å². The van der Waals surface area contributed by atoms with Crippen LogP contribution in [-0.4, -0.2) is 51.7 Å². The molecule has 1 N–H and O–H groups in total. The summed E-state index contributed by atoms with van der Waals surface area (Å²) in [5.41, 5.74) is 3.26. The van der Waals surface area contributed by atoms with E-state index in [4.69, 9.17) is 9.97 Å². The monoisotopic (exact) mass is 425 g/mol. The first-order valence-electron chi connectivity index (χ1n) is 10.6. The van der Waals surface area contributed by atoms with Crippen molar-refractivity contribution in [3.8, 4) is 11.3 Å². The molecule has 7 heteroatoms. The summed E-state index contributed by atoms with van der Waals surface area (Å²) in [5, 5.41) is 9.40. The number of aromatic carboxylic acids is 1. The van der Waals surface area contributed by atoms with Gasteiger partial charge in [-0.25, -0.2) is 19.7 Å². The number of nitrogens with zero attached hydrogens (tertiary/aromatic N) is 5. The molecule has 7 nitrogen and oxygen atoms in total. The lowest BCUT2D eigenvalue weighted by atomic mass is 10.1. The minimum atomic E-state index is -0.972. The van der Waals surface area contributed by atoms with Crippen molar-refractivity contribution < 1.29 is 9.90 Å². The minimum Gasteiger partial charge on any atom is -0.478 e. The SMILES string of the molecule is C[C@H]1CN(c2ccccn2)CCN1c1nc2cc(C(=O)O)ccc2nc1-c1ccccc1. The predicted octanol–water partition coefficient (Wildman–Crippen LogP) is 4.11. The van der Waals surface area contributed by atoms with Gasteiger partial charge < -0.3 is 14.9 Å². The van der Waals surface area contributed by atoms with E-state index in [0.717, 1.165) is 42.5 Å². The number of carboxylic acid groups (broad SMARTS) is 1. The van der Waals surface area contributed by atoms with Crippen LogP contribution >= 0.6 is 0 Å². The van der Waals surface area contributed by atoms with Gasteiger partial charge in [0.1, 0.15) is 11.5 Å². The number of benzene rings is 2. The maximum absolute atomic E-state index is 11.5. The van der Waals surface area contributed by atoms with Gasteiger partial charge in [-0.05, 0) is 37.3 Å². The van der Waals surface area contributed by atoms with Crippen LogP contribution in [0.2, 0.25) is 0 Å². The molecule has 5 rings (SSSR count). The van der Waals surface area contributed by atoms with Crippen LogP contribution in [0.4, 0.5) is 11.6 Å². The van der Waals surface area contributed by atoms with E-state index >= 15 is 0 Å². The molecular formula is C25H23N5O2. The zero-order valence-electron chi connectivity index (χ0n) is 17.7. The second-order valence-corrected chi connectivity index (χ2v) is 7.95. The molecular weight excluding hydrogens is 402 g/mol. The third-order valence-corrected chi connectivity index (χ3v) is 5.81. The lowest BCUT2D eigenvalue weighted by Crippen LogP contribution is -2.52. The molecule has 2 aromatic carbocycles. The zero-order chi connectivity index (χ0) is 22.1. The summed E-state index contributed by atoms with van der Waals surface area (Å²) < 4.78 is 0. The largest absolute Gasteiger partial charge is 0.478 e. The fraction of sp³-hybridized carbons (Fsp3) is 0.200. The summed E-state index contributed by atoms with van der Waals surface area (Å²) in [6, 6.07) is 21.0. The fourth-order valence-electron chi connectivity index (χ4n) is 4.19. The highest BCUT2D eigenvalue weighted by Gasteiger charge is 2.28. The summed E-state index contributed by atoms with van der Waals surface area (Å²) in [6.45, 7) is 4.55. The van der Waals surface area contributed by atoms with E-state index in [2.05, 4.69) is 21.7 Å². The van der Waals surface area contributed by atoms with Crippen molar-refractivity contribution in [1.29, 1.82) is 0 Å². The Balaban J connectivity index is 1.57. The van der Waals surface area contributed by atoms with Crippen LogP contribution in [0.1, 0.15) is 17.3 Å². The topological polar surface area (TPSA) is 82.5 Å². The van der Waals surface area contributed by atoms with Crippen molar-refractivity contribution in [1.82, 2.24) is 15.0 Å². The van der Waals surface area contributed by atoms with E-state index in [1.165, 1.54) is 0 Å². The number of aromatic nitrogens is 3. The average Bonchev–Trinajstić information content (AvgIpc) is 2.84. The molecule has 0 bridgehead atoms. The first kappa shape index (κ1) is 19.9. The average molecular weight is 425 g/mol. The second-order valence-electron chi connectivity index (χ2n) is 7.95. The van der Waals surface area contributed by atoms with Gasteiger partial charge in [0.15, 0.2) is 5.82 Å². The summed E-state index contributed by atoms with van der Waals surface area (Å²) in [5.74, 6) is 0.775. The molecule has 1 atom stereocenters. The molecule has 160 valence electrons. The molecule has 0 spiro atoms. The molecule has 1 aliphatic rings. The van der Waals surface area contributed by atoms with Gasteiger partial charge in [-0.15, -0.1) is 0 Å². The van der Waals surface area contributed by atoms with Crippen molar-refractivity contribution in [2.75, 3.05) is 29.4 Å². The third kappa shape index (κ3) is 3.73. The van der Waals surface area contributed by atoms with Crippen LogP contribution in [0.3, 0.4) is 0 Å². The maximum atomic E-state index is 11.5. The molecule has 0 unspecified atom stereocenters. The van der Waals surface area contributed by atoms with Crippen molar-refractivity contribution >= 4 is 28.6 Å². The molecule has 0 aliphatic carbocycles. The van der Waals surface area contributed by atoms with Crippen molar-refractivity contribution in [2.45, 2.75) is 13.0 Å². The molecule has 4 aromatic rings. The number of piperazine rings is 1. The molecule has 3 heterocycles. The number of carbonyl (C=O) groups is 1. The number of rotatable bonds is 4. The lowest BCUT2D eigenvalue weighted by Gasteiger charge is -2.41. The number of hydrogen-bond acceptors (Lipinski definition) is 6. The second kappa shape index (κ2) is 8.26. The van der Waals surface area contributed by atoms with Gasteiger partial charge in [-0.2, -0.15) is 0 Å². The Labute approximate surface area is 186 Å². The number of pyridine rings is 1. The van der Waals surface area contributed by atoms with E-state index in [0.29, 0.717) is 11.0 Å². The number of hydrogen-bond donors (Lipinski definition) is 1. The van der Waals surface area contributed by atoms with Crippen LogP contribution in [0, 0.1) is 0 Å². The predicted molar refractivity (Wildman–Crippen MR) is 125 cm³/mol. The number of anilines is 2. The molecule has 1 fully saturated rings. The lowest BCUT2D eigenvalue weighted by molar-refractivity contribution is 0.0697. The highest BCUT2D eigenvalue weighted by molar-refractivity contribution is 5.93. The van der Waals surface area contributed by atoms with E-state index < -0.39 is 5.97 Å². The Bertz CT molecular complexity index is 1260. The molecule has 2 aromatic heterocycles. The molecule has 1 aliphatic heterocycles. The van der Waals surface area contributed by atoms with Gasteiger partial charge >= 0.3 is 5.97 Å². The Morgan fingerprint density at radius 3 is 2.50 bits per heavy atom. The molecule has 1 saturated heterocycles. The molecule has 0 radical (unpaired) electrons. The van der Waals surface area contributed by atoms with Crippen LogP contribution in [0.25, 0.3) is 22.3 Å².